The lowest BCUT2D eigenvalue weighted by Crippen LogP contribution is -2.13. The van der Waals surface area contributed by atoms with Crippen LogP contribution in [0.4, 0.5) is 0 Å². The third-order valence-corrected chi connectivity index (χ3v) is 2.28. The molecule has 0 aromatic heterocycles. The fraction of sp³-hybridized carbons (Fsp3) is 0.462. The van der Waals surface area contributed by atoms with Crippen molar-refractivity contribution in [2.24, 2.45) is 0 Å². The van der Waals surface area contributed by atoms with Gasteiger partial charge in [-0.25, -0.2) is 4.79 Å². The molecule has 0 heterocycles. The summed E-state index contributed by atoms with van der Waals surface area (Å²) in [6.07, 6.45) is 0.780. The number of benzene rings is 1. The molecule has 0 aliphatic rings. The molecule has 3 nitrogen and oxygen atoms in total. The standard InChI is InChI=1S/C13H18O3/c1-4-10(3)16-13(14)11-6-8-12(9-7-11)15-5-2/h6-10H,4-5H2,1-3H3. The molecule has 16 heavy (non-hydrogen) atoms. The van der Waals surface area contributed by atoms with Gasteiger partial charge in [-0.05, 0) is 44.5 Å². The van der Waals surface area contributed by atoms with E-state index in [0.29, 0.717) is 12.2 Å². The SMILES string of the molecule is CCOc1ccc(C(=O)OC(C)CC)cc1. The Balaban J connectivity index is 2.63. The minimum Gasteiger partial charge on any atom is -0.494 e. The van der Waals surface area contributed by atoms with Crippen molar-refractivity contribution in [3.63, 3.8) is 0 Å². The monoisotopic (exact) mass is 222 g/mol. The predicted molar refractivity (Wildman–Crippen MR) is 62.8 cm³/mol. The molecule has 0 fully saturated rings. The van der Waals surface area contributed by atoms with Crippen LogP contribution in [-0.4, -0.2) is 18.7 Å². The second-order valence-electron chi connectivity index (χ2n) is 3.58. The first-order valence-electron chi connectivity index (χ1n) is 5.61. The Morgan fingerprint density at radius 2 is 1.88 bits per heavy atom. The Kier molecular flexibility index (Phi) is 4.83. The van der Waals surface area contributed by atoms with Crippen LogP contribution in [0, 0.1) is 0 Å². The highest BCUT2D eigenvalue weighted by atomic mass is 16.5. The number of hydrogen-bond donors (Lipinski definition) is 0. The molecule has 0 radical (unpaired) electrons. The third-order valence-electron chi connectivity index (χ3n) is 2.28. The molecule has 3 heteroatoms. The molecule has 0 aliphatic carbocycles. The average molecular weight is 222 g/mol. The Labute approximate surface area is 96.4 Å². The summed E-state index contributed by atoms with van der Waals surface area (Å²) in [5, 5.41) is 0. The van der Waals surface area contributed by atoms with E-state index in [1.165, 1.54) is 0 Å². The smallest absolute Gasteiger partial charge is 0.338 e. The van der Waals surface area contributed by atoms with Crippen molar-refractivity contribution >= 4 is 5.97 Å². The zero-order chi connectivity index (χ0) is 12.0. The van der Waals surface area contributed by atoms with E-state index in [2.05, 4.69) is 0 Å². The first kappa shape index (κ1) is 12.6. The van der Waals surface area contributed by atoms with Gasteiger partial charge in [0.15, 0.2) is 0 Å². The van der Waals surface area contributed by atoms with Crippen LogP contribution in [0.1, 0.15) is 37.6 Å². The van der Waals surface area contributed by atoms with Gasteiger partial charge in [0, 0.05) is 0 Å². The Hall–Kier alpha value is -1.51. The highest BCUT2D eigenvalue weighted by Crippen LogP contribution is 2.13. The normalized spacial score (nSPS) is 11.9. The van der Waals surface area contributed by atoms with Crippen LogP contribution >= 0.6 is 0 Å². The zero-order valence-electron chi connectivity index (χ0n) is 10.0. The van der Waals surface area contributed by atoms with Gasteiger partial charge in [-0.1, -0.05) is 6.92 Å². The number of hydrogen-bond acceptors (Lipinski definition) is 3. The summed E-state index contributed by atoms with van der Waals surface area (Å²) < 4.78 is 10.5. The van der Waals surface area contributed by atoms with E-state index in [1.807, 2.05) is 20.8 Å². The Morgan fingerprint density at radius 3 is 2.38 bits per heavy atom. The number of carbonyl (C=O) groups excluding carboxylic acids is 1. The van der Waals surface area contributed by atoms with Crippen molar-refractivity contribution in [1.29, 1.82) is 0 Å². The average Bonchev–Trinajstić information content (AvgIpc) is 2.30. The van der Waals surface area contributed by atoms with Crippen LogP contribution < -0.4 is 4.74 Å². The van der Waals surface area contributed by atoms with Gasteiger partial charge in [0.05, 0.1) is 18.3 Å². The van der Waals surface area contributed by atoms with Gasteiger partial charge >= 0.3 is 5.97 Å². The summed E-state index contributed by atoms with van der Waals surface area (Å²) in [5.74, 6) is 0.486. The lowest BCUT2D eigenvalue weighted by Gasteiger charge is -2.11. The van der Waals surface area contributed by atoms with E-state index in [-0.39, 0.29) is 12.1 Å². The van der Waals surface area contributed by atoms with Crippen molar-refractivity contribution in [2.45, 2.75) is 33.3 Å². The second kappa shape index (κ2) is 6.16. The molecule has 1 unspecified atom stereocenters. The lowest BCUT2D eigenvalue weighted by molar-refractivity contribution is 0.0334. The van der Waals surface area contributed by atoms with E-state index in [9.17, 15) is 4.79 Å². The van der Waals surface area contributed by atoms with Crippen LogP contribution in [0.25, 0.3) is 0 Å². The molecule has 0 saturated heterocycles. The van der Waals surface area contributed by atoms with Crippen molar-refractivity contribution < 1.29 is 14.3 Å². The fourth-order valence-corrected chi connectivity index (χ4v) is 1.19. The summed E-state index contributed by atoms with van der Waals surface area (Å²) in [5.41, 5.74) is 0.559. The van der Waals surface area contributed by atoms with Gasteiger partial charge in [0.25, 0.3) is 0 Å². The van der Waals surface area contributed by atoms with E-state index in [1.54, 1.807) is 24.3 Å². The molecule has 1 rings (SSSR count). The number of rotatable bonds is 5. The second-order valence-corrected chi connectivity index (χ2v) is 3.58. The molecule has 1 aromatic rings. The topological polar surface area (TPSA) is 35.5 Å². The number of esters is 1. The van der Waals surface area contributed by atoms with Crippen LogP contribution in [-0.2, 0) is 4.74 Å². The van der Waals surface area contributed by atoms with E-state index >= 15 is 0 Å². The minimum absolute atomic E-state index is 0.0425. The molecule has 0 amide bonds. The molecule has 1 aromatic carbocycles. The zero-order valence-corrected chi connectivity index (χ0v) is 10.0. The van der Waals surface area contributed by atoms with Crippen LogP contribution in [0.2, 0.25) is 0 Å². The summed E-state index contributed by atoms with van der Waals surface area (Å²) in [6.45, 7) is 6.41. The van der Waals surface area contributed by atoms with E-state index < -0.39 is 0 Å². The van der Waals surface area contributed by atoms with E-state index in [0.717, 1.165) is 12.2 Å². The summed E-state index contributed by atoms with van der Waals surface area (Å²) in [7, 11) is 0. The van der Waals surface area contributed by atoms with Crippen molar-refractivity contribution in [3.8, 4) is 5.75 Å². The predicted octanol–water partition coefficient (Wildman–Crippen LogP) is 3.04. The van der Waals surface area contributed by atoms with Gasteiger partial charge in [-0.2, -0.15) is 0 Å². The first-order chi connectivity index (χ1) is 7.67. The van der Waals surface area contributed by atoms with E-state index in [4.69, 9.17) is 9.47 Å². The minimum atomic E-state index is -0.280. The summed E-state index contributed by atoms with van der Waals surface area (Å²) >= 11 is 0. The van der Waals surface area contributed by atoms with Crippen LogP contribution in [0.3, 0.4) is 0 Å². The molecule has 0 aliphatic heterocycles. The summed E-state index contributed by atoms with van der Waals surface area (Å²) in [4.78, 5) is 11.6. The maximum absolute atomic E-state index is 11.6. The molecule has 1 atom stereocenters. The largest absolute Gasteiger partial charge is 0.494 e. The van der Waals surface area contributed by atoms with Crippen LogP contribution in [0.15, 0.2) is 24.3 Å². The van der Waals surface area contributed by atoms with Crippen LogP contribution in [0.5, 0.6) is 5.75 Å². The third kappa shape index (κ3) is 3.57. The fourth-order valence-electron chi connectivity index (χ4n) is 1.19. The molecule has 0 N–H and O–H groups in total. The maximum atomic E-state index is 11.6. The van der Waals surface area contributed by atoms with Gasteiger partial charge in [0.1, 0.15) is 5.75 Å². The molecular weight excluding hydrogens is 204 g/mol. The lowest BCUT2D eigenvalue weighted by atomic mass is 10.2. The molecular formula is C13H18O3. The quantitative estimate of drug-likeness (QED) is 0.718. The summed E-state index contributed by atoms with van der Waals surface area (Å²) in [6, 6.07) is 6.98. The molecule has 0 saturated carbocycles. The van der Waals surface area contributed by atoms with Crippen molar-refractivity contribution in [2.75, 3.05) is 6.61 Å². The first-order valence-corrected chi connectivity index (χ1v) is 5.61. The molecule has 0 bridgehead atoms. The highest BCUT2D eigenvalue weighted by molar-refractivity contribution is 5.89. The highest BCUT2D eigenvalue weighted by Gasteiger charge is 2.10. The van der Waals surface area contributed by atoms with Gasteiger partial charge in [0.2, 0.25) is 0 Å². The maximum Gasteiger partial charge on any atom is 0.338 e. The number of ether oxygens (including phenoxy) is 2. The number of carbonyl (C=O) groups is 1. The van der Waals surface area contributed by atoms with Crippen molar-refractivity contribution in [1.82, 2.24) is 0 Å². The van der Waals surface area contributed by atoms with Gasteiger partial charge in [-0.15, -0.1) is 0 Å². The van der Waals surface area contributed by atoms with Gasteiger partial charge < -0.3 is 9.47 Å². The Morgan fingerprint density at radius 1 is 1.25 bits per heavy atom. The molecule has 0 spiro atoms. The Bertz CT molecular complexity index is 330. The van der Waals surface area contributed by atoms with Crippen molar-refractivity contribution in [3.05, 3.63) is 29.8 Å². The molecule has 88 valence electrons. The van der Waals surface area contributed by atoms with Gasteiger partial charge in [-0.3, -0.25) is 0 Å².